The van der Waals surface area contributed by atoms with E-state index in [1.807, 2.05) is 6.92 Å². The molecular formula is C25H31F4N5O3S. The van der Waals surface area contributed by atoms with Crippen LogP contribution in [-0.2, 0) is 0 Å². The molecule has 3 N–H and O–H groups in total. The number of nitrogens with one attached hydrogen (secondary N) is 2. The summed E-state index contributed by atoms with van der Waals surface area (Å²) in [5, 5.41) is 15.4. The Morgan fingerprint density at radius 2 is 2.00 bits per heavy atom. The number of carbonyl (C=O) groups is 2. The maximum absolute atomic E-state index is 14.3. The third-order valence-electron chi connectivity index (χ3n) is 6.80. The molecule has 0 spiro atoms. The Kier molecular flexibility index (Phi) is 7.47. The van der Waals surface area contributed by atoms with E-state index < -0.39 is 54.3 Å². The molecule has 8 nitrogen and oxygen atoms in total. The molecule has 13 heteroatoms. The summed E-state index contributed by atoms with van der Waals surface area (Å²) in [4.78, 5) is 35.5. The van der Waals surface area contributed by atoms with E-state index in [1.54, 1.807) is 0 Å². The van der Waals surface area contributed by atoms with Gasteiger partial charge in [-0.1, -0.05) is 0 Å². The Bertz CT molecular complexity index is 1230. The summed E-state index contributed by atoms with van der Waals surface area (Å²) in [6, 6.07) is 0.389. The van der Waals surface area contributed by atoms with E-state index in [1.165, 1.54) is 33.0 Å². The third kappa shape index (κ3) is 6.09. The Morgan fingerprint density at radius 1 is 1.32 bits per heavy atom. The molecule has 2 aromatic rings. The van der Waals surface area contributed by atoms with Gasteiger partial charge in [0.2, 0.25) is 0 Å². The van der Waals surface area contributed by atoms with Gasteiger partial charge >= 0.3 is 0 Å². The lowest BCUT2D eigenvalue weighted by molar-refractivity contribution is 0.0118. The molecule has 2 aromatic heterocycles. The third-order valence-corrected chi connectivity index (χ3v) is 7.88. The van der Waals surface area contributed by atoms with Gasteiger partial charge in [-0.15, -0.1) is 11.3 Å². The first-order valence-corrected chi connectivity index (χ1v) is 13.2. The molecule has 4 rings (SSSR count). The first-order valence-electron chi connectivity index (χ1n) is 12.3. The van der Waals surface area contributed by atoms with Crippen molar-refractivity contribution in [1.82, 2.24) is 20.2 Å². The number of hydrogen-bond acceptors (Lipinski definition) is 7. The molecule has 2 aliphatic rings. The van der Waals surface area contributed by atoms with Crippen molar-refractivity contribution in [1.29, 1.82) is 0 Å². The van der Waals surface area contributed by atoms with E-state index in [4.69, 9.17) is 0 Å². The molecule has 1 saturated carbocycles. The fraction of sp³-hybridized carbons (Fsp3) is 0.600. The van der Waals surface area contributed by atoms with Crippen LogP contribution in [0.3, 0.4) is 0 Å². The molecule has 208 valence electrons. The average molecular weight is 558 g/mol. The normalized spacial score (nSPS) is 20.4. The van der Waals surface area contributed by atoms with Gasteiger partial charge in [-0.05, 0) is 53.0 Å². The van der Waals surface area contributed by atoms with Gasteiger partial charge in [0.15, 0.2) is 5.01 Å². The Morgan fingerprint density at radius 3 is 2.53 bits per heavy atom. The topological polar surface area (TPSA) is 107 Å². The van der Waals surface area contributed by atoms with Gasteiger partial charge in [-0.25, -0.2) is 27.5 Å². The predicted octanol–water partition coefficient (Wildman–Crippen LogP) is 4.87. The molecule has 1 atom stereocenters. The highest BCUT2D eigenvalue weighted by Crippen LogP contribution is 2.41. The second-order valence-electron chi connectivity index (χ2n) is 11.0. The van der Waals surface area contributed by atoms with E-state index in [-0.39, 0.29) is 39.0 Å². The van der Waals surface area contributed by atoms with Crippen molar-refractivity contribution in [2.45, 2.75) is 82.9 Å². The summed E-state index contributed by atoms with van der Waals surface area (Å²) in [7, 11) is 0. The lowest BCUT2D eigenvalue weighted by Gasteiger charge is -2.39. The van der Waals surface area contributed by atoms with Gasteiger partial charge in [0.1, 0.15) is 11.5 Å². The van der Waals surface area contributed by atoms with Crippen molar-refractivity contribution in [2.75, 3.05) is 18.4 Å². The zero-order valence-corrected chi connectivity index (χ0v) is 22.4. The lowest BCUT2D eigenvalue weighted by atomic mass is 9.78. The first kappa shape index (κ1) is 28.2. The zero-order valence-electron chi connectivity index (χ0n) is 21.6. The molecule has 0 bridgehead atoms. The maximum Gasteiger partial charge on any atom is 0.280 e. The highest BCUT2D eigenvalue weighted by atomic mass is 32.1. The molecule has 1 aliphatic carbocycles. The molecule has 2 fully saturated rings. The number of carbonyl (C=O) groups excluding carboxylic acids is 2. The lowest BCUT2D eigenvalue weighted by Crippen LogP contribution is -2.41. The number of halogens is 4. The van der Waals surface area contributed by atoms with Gasteiger partial charge in [0, 0.05) is 41.9 Å². The number of hydrogen-bond donors (Lipinski definition) is 3. The van der Waals surface area contributed by atoms with E-state index in [9.17, 15) is 32.3 Å². The van der Waals surface area contributed by atoms with Crippen molar-refractivity contribution in [3.05, 3.63) is 28.5 Å². The van der Waals surface area contributed by atoms with Crippen LogP contribution < -0.4 is 10.6 Å². The average Bonchev–Trinajstić information content (AvgIpc) is 3.35. The molecule has 0 aromatic carbocycles. The summed E-state index contributed by atoms with van der Waals surface area (Å²) in [6.07, 6.45) is 0.458. The van der Waals surface area contributed by atoms with Crippen LogP contribution in [-0.4, -0.2) is 68.0 Å². The Labute approximate surface area is 221 Å². The molecular weight excluding hydrogens is 526 g/mol. The van der Waals surface area contributed by atoms with Crippen molar-refractivity contribution >= 4 is 29.0 Å². The first-order chi connectivity index (χ1) is 17.6. The van der Waals surface area contributed by atoms with Crippen LogP contribution in [0, 0.1) is 0 Å². The van der Waals surface area contributed by atoms with Crippen molar-refractivity contribution in [3.8, 4) is 10.4 Å². The van der Waals surface area contributed by atoms with Crippen LogP contribution in [0.5, 0.6) is 0 Å². The second kappa shape index (κ2) is 10.1. The number of aromatic nitrogens is 2. The zero-order chi connectivity index (χ0) is 28.0. The number of nitrogens with zero attached hydrogens (tertiary/aromatic N) is 3. The number of likely N-dealkylation sites (tertiary alicyclic amines) is 1. The fourth-order valence-corrected chi connectivity index (χ4v) is 5.59. The van der Waals surface area contributed by atoms with Crippen molar-refractivity contribution in [3.63, 3.8) is 0 Å². The molecule has 0 radical (unpaired) electrons. The summed E-state index contributed by atoms with van der Waals surface area (Å²) < 4.78 is 56.6. The largest absolute Gasteiger partial charge is 0.389 e. The minimum absolute atomic E-state index is 0.0602. The summed E-state index contributed by atoms with van der Waals surface area (Å²) >= 11 is 0.692. The predicted molar refractivity (Wildman–Crippen MR) is 135 cm³/mol. The van der Waals surface area contributed by atoms with Crippen LogP contribution in [0.1, 0.15) is 85.7 Å². The van der Waals surface area contributed by atoms with Gasteiger partial charge < -0.3 is 20.6 Å². The molecule has 1 saturated heterocycles. The Balaban J connectivity index is 1.76. The quantitative estimate of drug-likeness (QED) is 0.400. The second-order valence-corrected chi connectivity index (χ2v) is 12.0. The molecule has 38 heavy (non-hydrogen) atoms. The van der Waals surface area contributed by atoms with Gasteiger partial charge in [0.05, 0.1) is 17.0 Å². The number of aliphatic hydroxyl groups is 1. The summed E-state index contributed by atoms with van der Waals surface area (Å²) in [5.74, 6) is -4.47. The summed E-state index contributed by atoms with van der Waals surface area (Å²) in [6.45, 7) is 5.42. The number of rotatable bonds is 8. The van der Waals surface area contributed by atoms with Crippen molar-refractivity contribution in [2.24, 2.45) is 0 Å². The SMILES string of the molecule is CC1CC(F)(F)CN1C(=O)c1nc(C(=O)NCC(C)(C)O)sc1-c1cnc(NC2(C)CCC2)cc1C(F)F. The number of anilines is 1. The number of amides is 2. The van der Waals surface area contributed by atoms with Gasteiger partial charge in [0.25, 0.3) is 24.2 Å². The van der Waals surface area contributed by atoms with E-state index in [2.05, 4.69) is 20.6 Å². The molecule has 3 heterocycles. The van der Waals surface area contributed by atoms with Crippen LogP contribution in [0.2, 0.25) is 0 Å². The van der Waals surface area contributed by atoms with E-state index in [0.29, 0.717) is 11.3 Å². The maximum atomic E-state index is 14.3. The minimum Gasteiger partial charge on any atom is -0.389 e. The van der Waals surface area contributed by atoms with Crippen LogP contribution in [0.15, 0.2) is 12.3 Å². The standard InChI is InChI=1S/C25H31F4N5O3S/c1-13-9-25(28,29)12-34(13)22(36)17-18(38-21(32-17)20(35)31-11-23(2,3)37)15-10-30-16(8-14(15)19(26)27)33-24(4)6-5-7-24/h8,10,13,19,37H,5-7,9,11-12H2,1-4H3,(H,30,33)(H,31,35). The molecule has 2 amide bonds. The van der Waals surface area contributed by atoms with Crippen LogP contribution in [0.25, 0.3) is 10.4 Å². The fourth-order valence-electron chi connectivity index (χ4n) is 4.59. The smallest absolute Gasteiger partial charge is 0.280 e. The van der Waals surface area contributed by atoms with Crippen LogP contribution in [0.4, 0.5) is 23.4 Å². The molecule has 1 unspecified atom stereocenters. The highest BCUT2D eigenvalue weighted by Gasteiger charge is 2.46. The van der Waals surface area contributed by atoms with Gasteiger partial charge in [-0.3, -0.25) is 9.59 Å². The van der Waals surface area contributed by atoms with E-state index >= 15 is 0 Å². The Hall–Kier alpha value is -2.80. The number of thiazole rings is 1. The van der Waals surface area contributed by atoms with E-state index in [0.717, 1.165) is 24.2 Å². The monoisotopic (exact) mass is 557 g/mol. The highest BCUT2D eigenvalue weighted by molar-refractivity contribution is 7.17. The van der Waals surface area contributed by atoms with Crippen LogP contribution >= 0.6 is 11.3 Å². The minimum atomic E-state index is -3.10. The summed E-state index contributed by atoms with van der Waals surface area (Å²) in [5.41, 5.74) is -2.39. The number of pyridine rings is 1. The van der Waals surface area contributed by atoms with Gasteiger partial charge in [-0.2, -0.15) is 0 Å². The van der Waals surface area contributed by atoms with Crippen molar-refractivity contribution < 1.29 is 32.3 Å². The molecule has 1 aliphatic heterocycles. The number of alkyl halides is 4.